The van der Waals surface area contributed by atoms with Crippen molar-refractivity contribution < 1.29 is 4.74 Å². The Balaban J connectivity index is 1.23. The SMILES string of the molecule is COc1ccc2[nH]cc(C3CCN(C4CCC(c5ccccc5)(N(C)C)CC4)CC3)c2c1. The van der Waals surface area contributed by atoms with Crippen molar-refractivity contribution in [3.8, 4) is 5.75 Å². The third-order valence-electron chi connectivity index (χ3n) is 8.36. The number of likely N-dealkylation sites (tertiary alicyclic amines) is 1. The van der Waals surface area contributed by atoms with Crippen LogP contribution in [0, 0.1) is 0 Å². The molecule has 4 nitrogen and oxygen atoms in total. The van der Waals surface area contributed by atoms with Crippen molar-refractivity contribution >= 4 is 10.9 Å². The average molecular weight is 432 g/mol. The van der Waals surface area contributed by atoms with E-state index in [1.807, 2.05) is 6.07 Å². The molecule has 1 aliphatic heterocycles. The number of hydrogen-bond donors (Lipinski definition) is 1. The van der Waals surface area contributed by atoms with Crippen molar-refractivity contribution in [1.82, 2.24) is 14.8 Å². The zero-order chi connectivity index (χ0) is 22.1. The predicted molar refractivity (Wildman–Crippen MR) is 132 cm³/mol. The average Bonchev–Trinajstić information content (AvgIpc) is 3.28. The summed E-state index contributed by atoms with van der Waals surface area (Å²) in [5.74, 6) is 1.58. The minimum atomic E-state index is 0.194. The summed E-state index contributed by atoms with van der Waals surface area (Å²) in [5, 5.41) is 1.33. The Bertz CT molecular complexity index is 1030. The second-order valence-electron chi connectivity index (χ2n) is 9.99. The molecule has 1 aromatic heterocycles. The van der Waals surface area contributed by atoms with E-state index in [9.17, 15) is 0 Å². The fourth-order valence-corrected chi connectivity index (χ4v) is 6.35. The number of methoxy groups -OCH3 is 1. The summed E-state index contributed by atoms with van der Waals surface area (Å²) in [5.41, 5.74) is 4.37. The number of nitrogens with one attached hydrogen (secondary N) is 1. The summed E-state index contributed by atoms with van der Waals surface area (Å²) >= 11 is 0. The molecule has 2 aromatic carbocycles. The van der Waals surface area contributed by atoms with E-state index in [2.05, 4.69) is 77.5 Å². The van der Waals surface area contributed by atoms with E-state index in [0.29, 0.717) is 5.92 Å². The highest BCUT2D eigenvalue weighted by Crippen LogP contribution is 2.43. The Morgan fingerprint density at radius 2 is 1.69 bits per heavy atom. The quantitative estimate of drug-likeness (QED) is 0.558. The lowest BCUT2D eigenvalue weighted by Gasteiger charge is -2.48. The number of rotatable bonds is 5. The van der Waals surface area contributed by atoms with Gasteiger partial charge in [-0.2, -0.15) is 0 Å². The molecule has 1 saturated heterocycles. The van der Waals surface area contributed by atoms with E-state index in [-0.39, 0.29) is 5.54 Å². The van der Waals surface area contributed by atoms with Crippen LogP contribution in [0.4, 0.5) is 0 Å². The van der Waals surface area contributed by atoms with Crippen LogP contribution < -0.4 is 4.74 Å². The largest absolute Gasteiger partial charge is 0.497 e. The third-order valence-corrected chi connectivity index (χ3v) is 8.36. The highest BCUT2D eigenvalue weighted by Gasteiger charge is 2.40. The highest BCUT2D eigenvalue weighted by molar-refractivity contribution is 5.85. The molecular formula is C28H37N3O. The first kappa shape index (κ1) is 21.5. The monoisotopic (exact) mass is 431 g/mol. The predicted octanol–water partition coefficient (Wildman–Crippen LogP) is 5.76. The van der Waals surface area contributed by atoms with Crippen LogP contribution in [0.2, 0.25) is 0 Å². The zero-order valence-electron chi connectivity index (χ0n) is 19.8. The van der Waals surface area contributed by atoms with E-state index in [1.165, 1.54) is 73.6 Å². The second-order valence-corrected chi connectivity index (χ2v) is 9.99. The molecule has 2 fully saturated rings. The lowest BCUT2D eigenvalue weighted by Crippen LogP contribution is -2.50. The summed E-state index contributed by atoms with van der Waals surface area (Å²) < 4.78 is 5.47. The Labute approximate surface area is 192 Å². The van der Waals surface area contributed by atoms with Gasteiger partial charge in [0.1, 0.15) is 5.75 Å². The molecule has 2 heterocycles. The van der Waals surface area contributed by atoms with Gasteiger partial charge in [-0.1, -0.05) is 30.3 Å². The first-order chi connectivity index (χ1) is 15.6. The van der Waals surface area contributed by atoms with E-state index in [4.69, 9.17) is 4.74 Å². The topological polar surface area (TPSA) is 31.5 Å². The molecule has 4 heteroatoms. The molecule has 0 radical (unpaired) electrons. The Kier molecular flexibility index (Phi) is 6.00. The molecule has 0 unspecified atom stereocenters. The van der Waals surface area contributed by atoms with Crippen molar-refractivity contribution in [2.24, 2.45) is 0 Å². The number of aromatic amines is 1. The van der Waals surface area contributed by atoms with Gasteiger partial charge in [-0.3, -0.25) is 4.90 Å². The Morgan fingerprint density at radius 3 is 2.34 bits per heavy atom. The maximum atomic E-state index is 5.47. The van der Waals surface area contributed by atoms with Gasteiger partial charge in [0.2, 0.25) is 0 Å². The number of ether oxygens (including phenoxy) is 1. The summed E-state index contributed by atoms with van der Waals surface area (Å²) in [6, 6.07) is 18.3. The van der Waals surface area contributed by atoms with E-state index in [0.717, 1.165) is 11.8 Å². The molecule has 0 atom stereocenters. The summed E-state index contributed by atoms with van der Waals surface area (Å²) in [4.78, 5) is 8.73. The molecule has 32 heavy (non-hydrogen) atoms. The molecule has 170 valence electrons. The van der Waals surface area contributed by atoms with Gasteiger partial charge in [-0.15, -0.1) is 0 Å². The molecule has 1 N–H and O–H groups in total. The van der Waals surface area contributed by atoms with Gasteiger partial charge >= 0.3 is 0 Å². The van der Waals surface area contributed by atoms with E-state index in [1.54, 1.807) is 7.11 Å². The molecule has 0 amide bonds. The van der Waals surface area contributed by atoms with Gasteiger partial charge in [0.05, 0.1) is 7.11 Å². The van der Waals surface area contributed by atoms with Crippen LogP contribution in [-0.2, 0) is 5.54 Å². The van der Waals surface area contributed by atoms with Crippen LogP contribution in [0.3, 0.4) is 0 Å². The van der Waals surface area contributed by atoms with Crippen LogP contribution in [0.15, 0.2) is 54.7 Å². The second kappa shape index (κ2) is 8.92. The highest BCUT2D eigenvalue weighted by atomic mass is 16.5. The molecule has 0 bridgehead atoms. The van der Waals surface area contributed by atoms with Gasteiger partial charge in [0.25, 0.3) is 0 Å². The van der Waals surface area contributed by atoms with Gasteiger partial charge in [0.15, 0.2) is 0 Å². The number of aromatic nitrogens is 1. The van der Waals surface area contributed by atoms with Crippen molar-refractivity contribution in [2.75, 3.05) is 34.3 Å². The number of fused-ring (bicyclic) bond motifs is 1. The number of hydrogen-bond acceptors (Lipinski definition) is 3. The van der Waals surface area contributed by atoms with Crippen LogP contribution in [0.1, 0.15) is 55.6 Å². The minimum Gasteiger partial charge on any atom is -0.497 e. The van der Waals surface area contributed by atoms with Gasteiger partial charge in [-0.05, 0) is 101 Å². The van der Waals surface area contributed by atoms with Crippen LogP contribution in [0.5, 0.6) is 5.75 Å². The van der Waals surface area contributed by atoms with Gasteiger partial charge in [-0.25, -0.2) is 0 Å². The third kappa shape index (κ3) is 3.84. The van der Waals surface area contributed by atoms with Crippen molar-refractivity contribution in [3.05, 3.63) is 65.9 Å². The van der Waals surface area contributed by atoms with Crippen LogP contribution in [-0.4, -0.2) is 55.1 Å². The fraction of sp³-hybridized carbons (Fsp3) is 0.500. The Hall–Kier alpha value is -2.30. The standard InChI is InChI=1S/C28H37N3O/c1-30(2)28(22-7-5-4-6-8-22)15-11-23(12-16-28)31-17-13-21(14-18-31)26-20-29-27-10-9-24(32-3)19-25(26)27/h4-10,19-21,23,29H,11-18H2,1-3H3. The minimum absolute atomic E-state index is 0.194. The van der Waals surface area contributed by atoms with Crippen molar-refractivity contribution in [3.63, 3.8) is 0 Å². The number of nitrogens with zero attached hydrogens (tertiary/aromatic N) is 2. The Morgan fingerprint density at radius 1 is 0.969 bits per heavy atom. The van der Waals surface area contributed by atoms with Crippen molar-refractivity contribution in [1.29, 1.82) is 0 Å². The molecule has 5 rings (SSSR count). The lowest BCUT2D eigenvalue weighted by atomic mass is 9.73. The fourth-order valence-electron chi connectivity index (χ4n) is 6.35. The maximum Gasteiger partial charge on any atom is 0.119 e. The van der Waals surface area contributed by atoms with E-state index < -0.39 is 0 Å². The lowest BCUT2D eigenvalue weighted by molar-refractivity contribution is 0.0401. The van der Waals surface area contributed by atoms with Gasteiger partial charge < -0.3 is 14.6 Å². The smallest absolute Gasteiger partial charge is 0.119 e. The number of benzene rings is 2. The molecule has 1 saturated carbocycles. The zero-order valence-corrected chi connectivity index (χ0v) is 19.8. The number of piperidine rings is 1. The summed E-state index contributed by atoms with van der Waals surface area (Å²) in [6.07, 6.45) is 9.81. The molecule has 3 aromatic rings. The van der Waals surface area contributed by atoms with E-state index >= 15 is 0 Å². The van der Waals surface area contributed by atoms with Crippen molar-refractivity contribution in [2.45, 2.75) is 56.0 Å². The molecule has 2 aliphatic rings. The number of H-pyrrole nitrogens is 1. The summed E-state index contributed by atoms with van der Waals surface area (Å²) in [7, 11) is 6.27. The van der Waals surface area contributed by atoms with Crippen LogP contribution >= 0.6 is 0 Å². The maximum absolute atomic E-state index is 5.47. The van der Waals surface area contributed by atoms with Gasteiger partial charge in [0, 0.05) is 28.7 Å². The molecule has 0 spiro atoms. The normalized spacial score (nSPS) is 25.4. The molecule has 1 aliphatic carbocycles. The molecular weight excluding hydrogens is 394 g/mol. The first-order valence-corrected chi connectivity index (χ1v) is 12.2. The summed E-state index contributed by atoms with van der Waals surface area (Å²) in [6.45, 7) is 2.43. The van der Waals surface area contributed by atoms with Crippen LogP contribution in [0.25, 0.3) is 10.9 Å². The first-order valence-electron chi connectivity index (χ1n) is 12.2.